The summed E-state index contributed by atoms with van der Waals surface area (Å²) in [6.45, 7) is 3.98. The highest BCUT2D eigenvalue weighted by Crippen LogP contribution is 2.55. The number of amides is 2. The van der Waals surface area contributed by atoms with Gasteiger partial charge in [-0.3, -0.25) is 4.79 Å². The molecule has 2 atom stereocenters. The van der Waals surface area contributed by atoms with Gasteiger partial charge in [0.05, 0.1) is 44.2 Å². The molecule has 0 bridgehead atoms. The molecule has 2 aliphatic heterocycles. The Morgan fingerprint density at radius 3 is 2.46 bits per heavy atom. The molecular weight excluding hydrogens is 662 g/mol. The van der Waals surface area contributed by atoms with Crippen molar-refractivity contribution in [2.24, 2.45) is 0 Å². The van der Waals surface area contributed by atoms with Crippen LogP contribution in [0.15, 0.2) is 83.8 Å². The van der Waals surface area contributed by atoms with Crippen LogP contribution in [0.3, 0.4) is 0 Å². The van der Waals surface area contributed by atoms with Crippen molar-refractivity contribution >= 4 is 33.5 Å². The van der Waals surface area contributed by atoms with Crippen molar-refractivity contribution in [2.45, 2.75) is 30.2 Å². The first-order chi connectivity index (χ1) is 24.0. The Balaban J connectivity index is 1.69. The molecule has 1 saturated heterocycles. The number of nitriles is 1. The van der Waals surface area contributed by atoms with E-state index in [4.69, 9.17) is 14.2 Å². The molecule has 3 aromatic carbocycles. The van der Waals surface area contributed by atoms with Crippen LogP contribution in [0.5, 0.6) is 17.2 Å². The van der Waals surface area contributed by atoms with E-state index >= 15 is 4.79 Å². The summed E-state index contributed by atoms with van der Waals surface area (Å²) in [6.07, 6.45) is -1.30. The van der Waals surface area contributed by atoms with E-state index in [9.17, 15) is 23.6 Å². The zero-order valence-electron chi connectivity index (χ0n) is 27.9. The number of ether oxygens (including phenoxy) is 3. The van der Waals surface area contributed by atoms with E-state index in [1.807, 2.05) is 24.0 Å². The first-order valence-electron chi connectivity index (χ1n) is 15.8. The quantitative estimate of drug-likeness (QED) is 0.261. The Bertz CT molecular complexity index is 2130. The molecule has 258 valence electrons. The van der Waals surface area contributed by atoms with Crippen LogP contribution in [-0.4, -0.2) is 81.9 Å². The van der Waals surface area contributed by atoms with Gasteiger partial charge < -0.3 is 29.1 Å². The highest BCUT2D eigenvalue weighted by molar-refractivity contribution is 7.93. The summed E-state index contributed by atoms with van der Waals surface area (Å²) in [6, 6.07) is 21.4. The number of sulfonamides is 1. The van der Waals surface area contributed by atoms with Gasteiger partial charge in [-0.05, 0) is 62.4 Å². The monoisotopic (exact) mass is 697 g/mol. The number of carboxylic acid groups (broad SMARTS) is 1. The van der Waals surface area contributed by atoms with Crippen molar-refractivity contribution in [1.82, 2.24) is 9.88 Å². The van der Waals surface area contributed by atoms with E-state index in [0.29, 0.717) is 15.9 Å². The van der Waals surface area contributed by atoms with Crippen molar-refractivity contribution in [3.05, 3.63) is 101 Å². The molecule has 1 N–H and O–H groups in total. The lowest BCUT2D eigenvalue weighted by atomic mass is 9.68. The number of carbonyl (C=O) groups excluding carboxylic acids is 1. The van der Waals surface area contributed by atoms with Gasteiger partial charge in [0.1, 0.15) is 33.4 Å². The van der Waals surface area contributed by atoms with Gasteiger partial charge in [0.15, 0.2) is 0 Å². The first-order valence-corrected chi connectivity index (χ1v) is 17.2. The number of aryl methyl sites for hydroxylation is 1. The molecule has 13 nitrogen and oxygen atoms in total. The number of anilines is 2. The summed E-state index contributed by atoms with van der Waals surface area (Å²) in [5.41, 5.74) is -0.789. The largest absolute Gasteiger partial charge is 0.497 e. The fourth-order valence-electron chi connectivity index (χ4n) is 6.94. The minimum Gasteiger partial charge on any atom is -0.497 e. The number of piperazine rings is 1. The summed E-state index contributed by atoms with van der Waals surface area (Å²) in [5, 5.41) is 20.8. The van der Waals surface area contributed by atoms with E-state index in [-0.39, 0.29) is 65.0 Å². The highest BCUT2D eigenvalue weighted by Gasteiger charge is 2.64. The number of aromatic nitrogens is 1. The van der Waals surface area contributed by atoms with E-state index in [0.717, 1.165) is 5.69 Å². The minimum atomic E-state index is -4.75. The SMILES string of the molecule is CCOc1ccccc1C1(C2CN(c3cccc(C)n3)CCN2C(=O)O)C(=O)N(S(=O)(=O)c2ccc(OC)cc2OC)c2ccc(C#N)cc21. The van der Waals surface area contributed by atoms with Crippen molar-refractivity contribution in [2.75, 3.05) is 49.7 Å². The number of fused-ring (bicyclic) bond motifs is 1. The molecule has 1 aromatic heterocycles. The van der Waals surface area contributed by atoms with Gasteiger partial charge in [-0.1, -0.05) is 24.3 Å². The van der Waals surface area contributed by atoms with Crippen LogP contribution in [0.1, 0.15) is 29.3 Å². The third-order valence-electron chi connectivity index (χ3n) is 9.12. The van der Waals surface area contributed by atoms with Crippen molar-refractivity contribution < 1.29 is 37.3 Å². The van der Waals surface area contributed by atoms with Gasteiger partial charge in [-0.25, -0.2) is 22.5 Å². The first kappa shape index (κ1) is 34.1. The topological polar surface area (TPSA) is 163 Å². The number of methoxy groups -OCH3 is 2. The molecule has 2 amide bonds. The summed E-state index contributed by atoms with van der Waals surface area (Å²) in [7, 11) is -2.03. The number of hydrogen-bond acceptors (Lipinski definition) is 10. The summed E-state index contributed by atoms with van der Waals surface area (Å²) in [4.78, 5) is 36.2. The Morgan fingerprint density at radius 2 is 1.78 bits per heavy atom. The van der Waals surface area contributed by atoms with Crippen LogP contribution >= 0.6 is 0 Å². The fourth-order valence-corrected chi connectivity index (χ4v) is 8.55. The van der Waals surface area contributed by atoms with Gasteiger partial charge in [0.25, 0.3) is 15.9 Å². The Morgan fingerprint density at radius 1 is 1.00 bits per heavy atom. The second kappa shape index (κ2) is 13.2. The summed E-state index contributed by atoms with van der Waals surface area (Å²) in [5.74, 6) is 0.145. The van der Waals surface area contributed by atoms with Crippen molar-refractivity contribution in [3.63, 3.8) is 0 Å². The molecule has 2 aliphatic rings. The van der Waals surface area contributed by atoms with Crippen LogP contribution in [-0.2, 0) is 20.2 Å². The Labute approximate surface area is 289 Å². The molecule has 0 radical (unpaired) electrons. The van der Waals surface area contributed by atoms with Gasteiger partial charge in [0, 0.05) is 42.5 Å². The van der Waals surface area contributed by atoms with E-state index in [1.165, 1.54) is 55.5 Å². The Hall–Kier alpha value is -5.81. The molecule has 3 heterocycles. The predicted octanol–water partition coefficient (Wildman–Crippen LogP) is 4.57. The lowest BCUT2D eigenvalue weighted by molar-refractivity contribution is -0.122. The van der Waals surface area contributed by atoms with Crippen LogP contribution in [0.25, 0.3) is 0 Å². The average molecular weight is 698 g/mol. The maximum atomic E-state index is 15.6. The molecule has 0 spiro atoms. The second-order valence-corrected chi connectivity index (χ2v) is 13.5. The normalized spacial score (nSPS) is 18.7. The summed E-state index contributed by atoms with van der Waals surface area (Å²) < 4.78 is 47.2. The smallest absolute Gasteiger partial charge is 0.407 e. The van der Waals surface area contributed by atoms with Crippen LogP contribution in [0.4, 0.5) is 16.3 Å². The van der Waals surface area contributed by atoms with Gasteiger partial charge in [-0.15, -0.1) is 0 Å². The third kappa shape index (κ3) is 5.39. The van der Waals surface area contributed by atoms with Crippen LogP contribution in [0.2, 0.25) is 0 Å². The fraction of sp³-hybridized carbons (Fsp3) is 0.278. The van der Waals surface area contributed by atoms with Crippen molar-refractivity contribution in [3.8, 4) is 23.3 Å². The molecule has 6 rings (SSSR count). The van der Waals surface area contributed by atoms with Gasteiger partial charge in [-0.2, -0.15) is 5.26 Å². The molecule has 2 unspecified atom stereocenters. The van der Waals surface area contributed by atoms with E-state index in [1.54, 1.807) is 37.3 Å². The number of rotatable bonds is 9. The maximum absolute atomic E-state index is 15.6. The number of hydrogen-bond donors (Lipinski definition) is 1. The number of carbonyl (C=O) groups is 2. The zero-order chi connectivity index (χ0) is 35.8. The molecule has 1 fully saturated rings. The molecular formula is C36H35N5O8S. The molecule has 50 heavy (non-hydrogen) atoms. The van der Waals surface area contributed by atoms with Gasteiger partial charge in [0.2, 0.25) is 0 Å². The highest BCUT2D eigenvalue weighted by atomic mass is 32.2. The summed E-state index contributed by atoms with van der Waals surface area (Å²) >= 11 is 0. The molecule has 14 heteroatoms. The van der Waals surface area contributed by atoms with E-state index < -0.39 is 33.5 Å². The molecule has 4 aromatic rings. The number of nitrogens with zero attached hydrogens (tertiary/aromatic N) is 5. The zero-order valence-corrected chi connectivity index (χ0v) is 28.7. The van der Waals surface area contributed by atoms with Gasteiger partial charge >= 0.3 is 6.09 Å². The number of benzene rings is 3. The van der Waals surface area contributed by atoms with Crippen molar-refractivity contribution in [1.29, 1.82) is 5.26 Å². The lowest BCUT2D eigenvalue weighted by Crippen LogP contribution is -2.66. The second-order valence-electron chi connectivity index (χ2n) is 11.7. The number of para-hydroxylation sites is 1. The Kier molecular flexibility index (Phi) is 9.02. The molecule has 0 saturated carbocycles. The van der Waals surface area contributed by atoms with Crippen LogP contribution in [0, 0.1) is 18.3 Å². The molecule has 0 aliphatic carbocycles. The third-order valence-corrected chi connectivity index (χ3v) is 10.9. The maximum Gasteiger partial charge on any atom is 0.407 e. The number of pyridine rings is 1. The van der Waals surface area contributed by atoms with Crippen LogP contribution < -0.4 is 23.4 Å². The average Bonchev–Trinajstić information content (AvgIpc) is 3.39. The standard InChI is InChI=1S/C36H35N5O8S/c1-5-49-29-11-7-6-10-26(29)36(32-22-39(17-18-40(32)35(43)44)33-12-8-9-23(2)38-33)27-19-24(21-37)13-15-28(27)41(34(36)42)50(45,46)31-16-14-25(47-3)20-30(31)48-4/h6-16,19-20,32H,5,17-18,22H2,1-4H3,(H,43,44). The van der Waals surface area contributed by atoms with E-state index in [2.05, 4.69) is 11.1 Å². The lowest BCUT2D eigenvalue weighted by Gasteiger charge is -2.48. The minimum absolute atomic E-state index is 0.0330. The predicted molar refractivity (Wildman–Crippen MR) is 183 cm³/mol.